The number of nitrogens with zero attached hydrogens (tertiary/aromatic N) is 3. The zero-order valence-corrected chi connectivity index (χ0v) is 9.79. The van der Waals surface area contributed by atoms with E-state index in [2.05, 4.69) is 25.9 Å². The molecule has 0 N–H and O–H groups in total. The van der Waals surface area contributed by atoms with Crippen molar-refractivity contribution in [1.29, 1.82) is 0 Å². The van der Waals surface area contributed by atoms with Crippen LogP contribution in [0.2, 0.25) is 0 Å². The summed E-state index contributed by atoms with van der Waals surface area (Å²) in [5, 5.41) is 5.91. The maximum atomic E-state index is 5.48. The average Bonchev–Trinajstić information content (AvgIpc) is 2.55. The Bertz CT molecular complexity index is 433. The molecule has 0 atom stereocenters. The summed E-state index contributed by atoms with van der Waals surface area (Å²) in [6, 6.07) is 0. The van der Waals surface area contributed by atoms with E-state index in [4.69, 9.17) is 4.42 Å². The van der Waals surface area contributed by atoms with Gasteiger partial charge in [0.05, 0.1) is 0 Å². The van der Waals surface area contributed by atoms with Crippen LogP contribution in [0, 0.1) is 0 Å². The lowest BCUT2D eigenvalue weighted by Gasteiger charge is -2.08. The van der Waals surface area contributed by atoms with E-state index in [1.807, 2.05) is 35.2 Å². The molecule has 0 aromatic carbocycles. The van der Waals surface area contributed by atoms with Crippen molar-refractivity contribution >= 4 is 12.1 Å². The molecular formula is C12H16N3O+. The fourth-order valence-electron chi connectivity index (χ4n) is 1.28. The van der Waals surface area contributed by atoms with Crippen LogP contribution in [0.25, 0.3) is 0 Å². The van der Waals surface area contributed by atoms with Crippen LogP contribution in [-0.4, -0.2) is 6.21 Å². The third-order valence-corrected chi connectivity index (χ3v) is 2.26. The lowest BCUT2D eigenvalue weighted by Crippen LogP contribution is -2.48. The van der Waals surface area contributed by atoms with E-state index in [0.717, 1.165) is 0 Å². The van der Waals surface area contributed by atoms with Gasteiger partial charge in [-0.1, -0.05) is 6.08 Å². The van der Waals surface area contributed by atoms with Crippen molar-refractivity contribution in [3.05, 3.63) is 37.0 Å². The van der Waals surface area contributed by atoms with Gasteiger partial charge < -0.3 is 4.42 Å². The predicted octanol–water partition coefficient (Wildman–Crippen LogP) is 2.20. The molecule has 1 aromatic heterocycles. The van der Waals surface area contributed by atoms with Gasteiger partial charge in [0, 0.05) is 33.2 Å². The highest BCUT2D eigenvalue weighted by molar-refractivity contribution is 5.73. The van der Waals surface area contributed by atoms with E-state index in [0.29, 0.717) is 5.88 Å². The zero-order chi connectivity index (χ0) is 11.6. The van der Waals surface area contributed by atoms with Gasteiger partial charge in [-0.05, 0) is 12.2 Å². The van der Waals surface area contributed by atoms with Crippen molar-refractivity contribution < 1.29 is 8.98 Å². The summed E-state index contributed by atoms with van der Waals surface area (Å²) in [4.78, 5) is 0. The normalized spacial score (nSPS) is 15.6. The summed E-state index contributed by atoms with van der Waals surface area (Å²) in [6.45, 7) is 6.36. The van der Waals surface area contributed by atoms with Crippen LogP contribution in [0.4, 0.5) is 5.88 Å². The first-order chi connectivity index (χ1) is 7.57. The zero-order valence-electron chi connectivity index (χ0n) is 9.79. The van der Waals surface area contributed by atoms with Gasteiger partial charge in [0.15, 0.2) is 5.54 Å². The Morgan fingerprint density at radius 1 is 1.25 bits per heavy atom. The van der Waals surface area contributed by atoms with Gasteiger partial charge in [-0.2, -0.15) is 9.67 Å². The molecular weight excluding hydrogens is 202 g/mol. The quantitative estimate of drug-likeness (QED) is 0.677. The van der Waals surface area contributed by atoms with Crippen LogP contribution in [0.5, 0.6) is 0 Å². The van der Waals surface area contributed by atoms with Crippen LogP contribution in [0.3, 0.4) is 0 Å². The summed E-state index contributed by atoms with van der Waals surface area (Å²) < 4.78 is 7.50. The number of hydrazone groups is 1. The molecule has 1 aromatic rings. The van der Waals surface area contributed by atoms with Crippen LogP contribution < -0.4 is 9.58 Å². The Morgan fingerprint density at radius 3 is 2.75 bits per heavy atom. The van der Waals surface area contributed by atoms with Crippen LogP contribution in [-0.2, 0) is 5.54 Å². The number of anilines is 1. The number of hydrogen-bond donors (Lipinski definition) is 0. The maximum absolute atomic E-state index is 5.48. The molecule has 0 fully saturated rings. The second-order valence-electron chi connectivity index (χ2n) is 4.60. The molecule has 0 saturated heterocycles. The molecule has 16 heavy (non-hydrogen) atoms. The highest BCUT2D eigenvalue weighted by Gasteiger charge is 2.25. The molecule has 4 nitrogen and oxygen atoms in total. The van der Waals surface area contributed by atoms with Crippen molar-refractivity contribution in [1.82, 2.24) is 0 Å². The fourth-order valence-corrected chi connectivity index (χ4v) is 1.28. The number of aromatic nitrogens is 1. The summed E-state index contributed by atoms with van der Waals surface area (Å²) in [7, 11) is 0. The maximum Gasteiger partial charge on any atom is 0.336 e. The molecule has 0 amide bonds. The van der Waals surface area contributed by atoms with Gasteiger partial charge in [0.25, 0.3) is 5.88 Å². The second-order valence-corrected chi connectivity index (χ2v) is 4.60. The third kappa shape index (κ3) is 2.21. The minimum absolute atomic E-state index is 0.0132. The molecule has 0 spiro atoms. The lowest BCUT2D eigenvalue weighted by atomic mass is 10.1. The first kappa shape index (κ1) is 10.7. The Balaban J connectivity index is 2.25. The molecule has 2 rings (SSSR count). The largest absolute Gasteiger partial charge is 0.385 e. The Kier molecular flexibility index (Phi) is 2.64. The van der Waals surface area contributed by atoms with Gasteiger partial charge in [0.2, 0.25) is 6.20 Å². The SMILES string of the molecule is CC(C)(C)[n+]1coc(N2C=CC=CC=N2)c1. The smallest absolute Gasteiger partial charge is 0.336 e. The summed E-state index contributed by atoms with van der Waals surface area (Å²) in [6.07, 6.45) is 12.9. The standard InChI is InChI=1S/C12H16N3O/c1-12(2,3)14-9-11(16-10-14)15-8-6-4-5-7-13-15/h4-10H,1-3H3/q+1. The van der Waals surface area contributed by atoms with Crippen LogP contribution >= 0.6 is 0 Å². The summed E-state index contributed by atoms with van der Waals surface area (Å²) in [5.41, 5.74) is 0.0132. The minimum Gasteiger partial charge on any atom is -0.385 e. The van der Waals surface area contributed by atoms with Crippen LogP contribution in [0.15, 0.2) is 46.5 Å². The number of allylic oxidation sites excluding steroid dienone is 3. The molecule has 0 aliphatic carbocycles. The number of oxazole rings is 1. The van der Waals surface area contributed by atoms with Crippen molar-refractivity contribution in [2.45, 2.75) is 26.3 Å². The van der Waals surface area contributed by atoms with E-state index < -0.39 is 0 Å². The average molecular weight is 218 g/mol. The molecule has 1 aliphatic rings. The predicted molar refractivity (Wildman–Crippen MR) is 63.2 cm³/mol. The highest BCUT2D eigenvalue weighted by Crippen LogP contribution is 2.16. The van der Waals surface area contributed by atoms with E-state index in [1.165, 1.54) is 0 Å². The van der Waals surface area contributed by atoms with E-state index in [9.17, 15) is 0 Å². The molecule has 1 aliphatic heterocycles. The Hall–Kier alpha value is -1.84. The molecule has 0 unspecified atom stereocenters. The van der Waals surface area contributed by atoms with Crippen molar-refractivity contribution in [2.75, 3.05) is 5.01 Å². The second kappa shape index (κ2) is 3.96. The van der Waals surface area contributed by atoms with Gasteiger partial charge in [-0.3, -0.25) is 0 Å². The Morgan fingerprint density at radius 2 is 2.06 bits per heavy atom. The monoisotopic (exact) mass is 218 g/mol. The number of rotatable bonds is 1. The van der Waals surface area contributed by atoms with E-state index in [-0.39, 0.29) is 5.54 Å². The first-order valence-corrected chi connectivity index (χ1v) is 5.24. The van der Waals surface area contributed by atoms with Gasteiger partial charge in [-0.15, -0.1) is 0 Å². The molecule has 2 heterocycles. The first-order valence-electron chi connectivity index (χ1n) is 5.24. The third-order valence-electron chi connectivity index (χ3n) is 2.26. The van der Waals surface area contributed by atoms with E-state index >= 15 is 0 Å². The lowest BCUT2D eigenvalue weighted by molar-refractivity contribution is -0.756. The van der Waals surface area contributed by atoms with Gasteiger partial charge >= 0.3 is 6.39 Å². The van der Waals surface area contributed by atoms with Gasteiger partial charge in [0.1, 0.15) is 0 Å². The van der Waals surface area contributed by atoms with Crippen molar-refractivity contribution in [3.63, 3.8) is 0 Å². The molecule has 4 heteroatoms. The molecule has 0 bridgehead atoms. The fraction of sp³-hybridized carbons (Fsp3) is 0.333. The summed E-state index contributed by atoms with van der Waals surface area (Å²) >= 11 is 0. The van der Waals surface area contributed by atoms with Crippen molar-refractivity contribution in [3.8, 4) is 0 Å². The van der Waals surface area contributed by atoms with Gasteiger partial charge in [-0.25, -0.2) is 5.01 Å². The van der Waals surface area contributed by atoms with Crippen LogP contribution in [0.1, 0.15) is 20.8 Å². The van der Waals surface area contributed by atoms with Crippen molar-refractivity contribution in [2.24, 2.45) is 5.10 Å². The topological polar surface area (TPSA) is 32.6 Å². The molecule has 84 valence electrons. The minimum atomic E-state index is 0.0132. The van der Waals surface area contributed by atoms with E-state index in [1.54, 1.807) is 17.6 Å². The number of hydrogen-bond acceptors (Lipinski definition) is 3. The Labute approximate surface area is 95.2 Å². The molecule has 0 saturated carbocycles. The highest BCUT2D eigenvalue weighted by atomic mass is 16.4. The summed E-state index contributed by atoms with van der Waals surface area (Å²) in [5.74, 6) is 0.700. The molecule has 0 radical (unpaired) electrons.